The van der Waals surface area contributed by atoms with Crippen molar-refractivity contribution in [2.75, 3.05) is 5.32 Å². The molecule has 3 aromatic heterocycles. The molecule has 3 heterocycles. The summed E-state index contributed by atoms with van der Waals surface area (Å²) in [4.78, 5) is 15.8. The van der Waals surface area contributed by atoms with Crippen LogP contribution < -0.4 is 5.32 Å². The lowest BCUT2D eigenvalue weighted by molar-refractivity contribution is 0.102. The molecule has 5 aromatic rings. The third kappa shape index (κ3) is 2.73. The summed E-state index contributed by atoms with van der Waals surface area (Å²) in [5.41, 5.74) is 3.90. The summed E-state index contributed by atoms with van der Waals surface area (Å²) < 4.78 is 1.92. The number of anilines is 1. The topological polar surface area (TPSA) is 75.1 Å². The van der Waals surface area contributed by atoms with Gasteiger partial charge in [0.15, 0.2) is 11.5 Å². The number of nitrogens with one attached hydrogen (secondary N) is 2. The lowest BCUT2D eigenvalue weighted by Crippen LogP contribution is -2.11. The van der Waals surface area contributed by atoms with E-state index in [0.717, 1.165) is 27.9 Å². The Bertz CT molecular complexity index is 1280. The van der Waals surface area contributed by atoms with Crippen molar-refractivity contribution >= 4 is 28.1 Å². The SMILES string of the molecule is O=C(Nc1cccc(-c2nnc3ccccn23)c1)c1ccc2cc[nH]c2c1. The van der Waals surface area contributed by atoms with Crippen LogP contribution in [0, 0.1) is 0 Å². The zero-order valence-corrected chi connectivity index (χ0v) is 14.3. The fourth-order valence-electron chi connectivity index (χ4n) is 3.17. The second kappa shape index (κ2) is 6.10. The van der Waals surface area contributed by atoms with Crippen molar-refractivity contribution in [2.45, 2.75) is 0 Å². The second-order valence-electron chi connectivity index (χ2n) is 6.27. The fourth-order valence-corrected chi connectivity index (χ4v) is 3.17. The molecule has 0 radical (unpaired) electrons. The number of fused-ring (bicyclic) bond motifs is 2. The predicted molar refractivity (Wildman–Crippen MR) is 105 cm³/mol. The van der Waals surface area contributed by atoms with E-state index in [4.69, 9.17) is 0 Å². The molecule has 0 unspecified atom stereocenters. The van der Waals surface area contributed by atoms with Crippen LogP contribution in [-0.2, 0) is 0 Å². The van der Waals surface area contributed by atoms with Crippen LogP contribution in [0.3, 0.4) is 0 Å². The number of amides is 1. The second-order valence-corrected chi connectivity index (χ2v) is 6.27. The summed E-state index contributed by atoms with van der Waals surface area (Å²) in [7, 11) is 0. The molecule has 27 heavy (non-hydrogen) atoms. The number of hydrogen-bond acceptors (Lipinski definition) is 3. The number of carbonyl (C=O) groups is 1. The van der Waals surface area contributed by atoms with Gasteiger partial charge in [0.05, 0.1) is 0 Å². The Morgan fingerprint density at radius 2 is 1.93 bits per heavy atom. The third-order valence-electron chi connectivity index (χ3n) is 4.51. The Kier molecular flexibility index (Phi) is 3.47. The van der Waals surface area contributed by atoms with Gasteiger partial charge >= 0.3 is 0 Å². The molecule has 130 valence electrons. The quantitative estimate of drug-likeness (QED) is 0.512. The van der Waals surface area contributed by atoms with Gasteiger partial charge in [-0.15, -0.1) is 10.2 Å². The number of carbonyl (C=O) groups excluding carboxylic acids is 1. The average molecular weight is 353 g/mol. The molecule has 5 rings (SSSR count). The van der Waals surface area contributed by atoms with E-state index in [0.29, 0.717) is 11.3 Å². The summed E-state index contributed by atoms with van der Waals surface area (Å²) in [6, 6.07) is 20.9. The summed E-state index contributed by atoms with van der Waals surface area (Å²) >= 11 is 0. The van der Waals surface area contributed by atoms with Gasteiger partial charge in [-0.25, -0.2) is 0 Å². The van der Waals surface area contributed by atoms with Gasteiger partial charge in [-0.2, -0.15) is 0 Å². The molecule has 0 aliphatic carbocycles. The molecule has 6 nitrogen and oxygen atoms in total. The van der Waals surface area contributed by atoms with Crippen molar-refractivity contribution in [1.82, 2.24) is 19.6 Å². The van der Waals surface area contributed by atoms with Gasteiger partial charge in [0.1, 0.15) is 0 Å². The van der Waals surface area contributed by atoms with Gasteiger partial charge in [-0.3, -0.25) is 9.20 Å². The molecular weight excluding hydrogens is 338 g/mol. The minimum atomic E-state index is -0.158. The zero-order chi connectivity index (χ0) is 18.2. The van der Waals surface area contributed by atoms with Gasteiger partial charge in [0.2, 0.25) is 0 Å². The number of H-pyrrole nitrogens is 1. The Morgan fingerprint density at radius 1 is 0.963 bits per heavy atom. The Morgan fingerprint density at radius 3 is 2.89 bits per heavy atom. The number of benzene rings is 2. The van der Waals surface area contributed by atoms with Crippen LogP contribution in [0.5, 0.6) is 0 Å². The van der Waals surface area contributed by atoms with Gasteiger partial charge < -0.3 is 10.3 Å². The highest BCUT2D eigenvalue weighted by Gasteiger charge is 2.11. The molecule has 0 fully saturated rings. The third-order valence-corrected chi connectivity index (χ3v) is 4.51. The highest BCUT2D eigenvalue weighted by molar-refractivity contribution is 6.06. The van der Waals surface area contributed by atoms with Crippen molar-refractivity contribution in [3.63, 3.8) is 0 Å². The number of hydrogen-bond donors (Lipinski definition) is 2. The molecule has 0 saturated carbocycles. The Hall–Kier alpha value is -3.93. The molecule has 0 aliphatic rings. The standard InChI is InChI=1S/C21H15N5O/c27-21(16-8-7-14-9-10-22-18(14)13-16)23-17-5-3-4-15(12-17)20-25-24-19-6-1-2-11-26(19)20/h1-13,22H,(H,23,27). The van der Waals surface area contributed by atoms with Crippen molar-refractivity contribution in [3.8, 4) is 11.4 Å². The van der Waals surface area contributed by atoms with E-state index in [1.165, 1.54) is 0 Å². The van der Waals surface area contributed by atoms with Gasteiger partial charge in [-0.1, -0.05) is 24.3 Å². The minimum Gasteiger partial charge on any atom is -0.361 e. The van der Waals surface area contributed by atoms with Crippen molar-refractivity contribution in [1.29, 1.82) is 0 Å². The summed E-state index contributed by atoms with van der Waals surface area (Å²) in [5.74, 6) is 0.573. The first-order valence-corrected chi connectivity index (χ1v) is 8.57. The zero-order valence-electron chi connectivity index (χ0n) is 14.3. The number of rotatable bonds is 3. The normalized spacial score (nSPS) is 11.1. The molecule has 0 saturated heterocycles. The Labute approximate surface area is 154 Å². The number of aromatic nitrogens is 4. The van der Waals surface area contributed by atoms with Crippen molar-refractivity contribution < 1.29 is 4.79 Å². The van der Waals surface area contributed by atoms with E-state index >= 15 is 0 Å². The lowest BCUT2D eigenvalue weighted by atomic mass is 10.1. The average Bonchev–Trinajstić information content (AvgIpc) is 3.34. The maximum Gasteiger partial charge on any atom is 0.255 e. The molecule has 6 heteroatoms. The van der Waals surface area contributed by atoms with Crippen LogP contribution in [0.15, 0.2) is 79.1 Å². The minimum absolute atomic E-state index is 0.158. The van der Waals surface area contributed by atoms with E-state index in [9.17, 15) is 4.79 Å². The molecule has 1 amide bonds. The predicted octanol–water partition coefficient (Wildman–Crippen LogP) is 4.13. The van der Waals surface area contributed by atoms with Crippen LogP contribution >= 0.6 is 0 Å². The molecule has 0 atom stereocenters. The van der Waals surface area contributed by atoms with Crippen molar-refractivity contribution in [2.24, 2.45) is 0 Å². The van der Waals surface area contributed by atoms with Gasteiger partial charge in [0, 0.05) is 34.7 Å². The first-order chi connectivity index (χ1) is 13.3. The molecule has 0 bridgehead atoms. The monoisotopic (exact) mass is 353 g/mol. The van der Waals surface area contributed by atoms with E-state index in [1.807, 2.05) is 83.5 Å². The van der Waals surface area contributed by atoms with E-state index < -0.39 is 0 Å². The maximum atomic E-state index is 12.6. The Balaban J connectivity index is 1.46. The highest BCUT2D eigenvalue weighted by atomic mass is 16.1. The van der Waals surface area contributed by atoms with Crippen molar-refractivity contribution in [3.05, 3.63) is 84.7 Å². The molecule has 0 aliphatic heterocycles. The fraction of sp³-hybridized carbons (Fsp3) is 0. The van der Waals surface area contributed by atoms with Gasteiger partial charge in [-0.05, 0) is 47.9 Å². The first kappa shape index (κ1) is 15.3. The lowest BCUT2D eigenvalue weighted by Gasteiger charge is -2.07. The number of pyridine rings is 1. The van der Waals surface area contributed by atoms with Crippen LogP contribution in [-0.4, -0.2) is 25.5 Å². The molecular formula is C21H15N5O. The van der Waals surface area contributed by atoms with E-state index in [2.05, 4.69) is 20.5 Å². The van der Waals surface area contributed by atoms with Crippen LogP contribution in [0.1, 0.15) is 10.4 Å². The summed E-state index contributed by atoms with van der Waals surface area (Å²) in [5, 5.41) is 12.5. The highest BCUT2D eigenvalue weighted by Crippen LogP contribution is 2.22. The van der Waals surface area contributed by atoms with Gasteiger partial charge in [0.25, 0.3) is 5.91 Å². The number of nitrogens with zero attached hydrogens (tertiary/aromatic N) is 3. The number of aromatic amines is 1. The molecule has 2 N–H and O–H groups in total. The van der Waals surface area contributed by atoms with Crippen LogP contribution in [0.4, 0.5) is 5.69 Å². The summed E-state index contributed by atoms with van der Waals surface area (Å²) in [6.45, 7) is 0. The summed E-state index contributed by atoms with van der Waals surface area (Å²) in [6.07, 6.45) is 3.78. The molecule has 0 spiro atoms. The molecule has 2 aromatic carbocycles. The maximum absolute atomic E-state index is 12.6. The first-order valence-electron chi connectivity index (χ1n) is 8.57. The largest absolute Gasteiger partial charge is 0.361 e. The smallest absolute Gasteiger partial charge is 0.255 e. The van der Waals surface area contributed by atoms with E-state index in [1.54, 1.807) is 0 Å². The van der Waals surface area contributed by atoms with Crippen LogP contribution in [0.25, 0.3) is 27.9 Å². The van der Waals surface area contributed by atoms with E-state index in [-0.39, 0.29) is 5.91 Å². The van der Waals surface area contributed by atoms with Crippen LogP contribution in [0.2, 0.25) is 0 Å².